The molecular weight excluding hydrogens is 380 g/mol. The monoisotopic (exact) mass is 435 g/mol. The molecule has 0 spiro atoms. The SMILES string of the molecule is [2H]C([2H])([2H])[C@]1(O)C[C@@]2(C)[C@@H](CC[C@@H]3[C@@H]2CC[C@]2(C)[C@@H]([C@H](C)CCCC(C)C)CC[C@@H]32)C[C@@]1(C)O. The molecule has 2 heteroatoms. The van der Waals surface area contributed by atoms with Crippen molar-refractivity contribution in [3.05, 3.63) is 0 Å². The first kappa shape index (κ1) is 20.3. The van der Waals surface area contributed by atoms with Crippen molar-refractivity contribution in [2.75, 3.05) is 0 Å². The van der Waals surface area contributed by atoms with E-state index in [-0.39, 0.29) is 11.8 Å². The largest absolute Gasteiger partial charge is 0.387 e. The Balaban J connectivity index is 1.55. The predicted molar refractivity (Wildman–Crippen MR) is 130 cm³/mol. The number of rotatable bonds is 5. The van der Waals surface area contributed by atoms with Gasteiger partial charge in [0.05, 0.1) is 11.2 Å². The maximum absolute atomic E-state index is 11.5. The Morgan fingerprint density at radius 1 is 0.871 bits per heavy atom. The predicted octanol–water partition coefficient (Wildman–Crippen LogP) is 7.22. The molecule has 0 aromatic rings. The zero-order chi connectivity index (χ0) is 25.3. The van der Waals surface area contributed by atoms with Crippen molar-refractivity contribution in [1.29, 1.82) is 0 Å². The van der Waals surface area contributed by atoms with Crippen molar-refractivity contribution in [3.63, 3.8) is 0 Å². The molecule has 0 aromatic carbocycles. The third-order valence-corrected chi connectivity index (χ3v) is 11.4. The number of fused-ring (bicyclic) bond motifs is 5. The molecule has 2 nitrogen and oxygen atoms in total. The number of aliphatic hydroxyl groups is 2. The van der Waals surface area contributed by atoms with Crippen LogP contribution in [-0.4, -0.2) is 21.4 Å². The first-order valence-corrected chi connectivity index (χ1v) is 13.5. The van der Waals surface area contributed by atoms with Gasteiger partial charge in [-0.25, -0.2) is 0 Å². The quantitative estimate of drug-likeness (QED) is 0.478. The molecule has 2 N–H and O–H groups in total. The minimum atomic E-state index is -2.58. The molecule has 0 amide bonds. The fraction of sp³-hybridized carbons (Fsp3) is 1.00. The van der Waals surface area contributed by atoms with Gasteiger partial charge < -0.3 is 10.2 Å². The number of hydrogen-bond acceptors (Lipinski definition) is 2. The van der Waals surface area contributed by atoms with Crippen LogP contribution in [0.15, 0.2) is 0 Å². The fourth-order valence-corrected chi connectivity index (χ4v) is 9.56. The third-order valence-electron chi connectivity index (χ3n) is 11.4. The van der Waals surface area contributed by atoms with E-state index in [0.29, 0.717) is 29.6 Å². The van der Waals surface area contributed by atoms with E-state index in [2.05, 4.69) is 34.6 Å². The lowest BCUT2D eigenvalue weighted by atomic mass is 9.42. The zero-order valence-corrected chi connectivity index (χ0v) is 21.2. The molecule has 4 rings (SSSR count). The van der Waals surface area contributed by atoms with Gasteiger partial charge in [-0.05, 0) is 117 Å². The van der Waals surface area contributed by atoms with E-state index in [0.717, 1.165) is 36.5 Å². The van der Waals surface area contributed by atoms with Crippen LogP contribution in [-0.2, 0) is 0 Å². The summed E-state index contributed by atoms with van der Waals surface area (Å²) in [5, 5.41) is 22.7. The Bertz CT molecular complexity index is 748. The lowest BCUT2D eigenvalue weighted by Crippen LogP contribution is -2.64. The van der Waals surface area contributed by atoms with E-state index in [1.54, 1.807) is 6.92 Å². The summed E-state index contributed by atoms with van der Waals surface area (Å²) in [5.74, 6) is 4.49. The van der Waals surface area contributed by atoms with Gasteiger partial charge in [-0.1, -0.05) is 53.9 Å². The molecule has 4 aliphatic rings. The van der Waals surface area contributed by atoms with Crippen LogP contribution < -0.4 is 0 Å². The molecule has 0 unspecified atom stereocenters. The van der Waals surface area contributed by atoms with E-state index in [9.17, 15) is 10.2 Å². The summed E-state index contributed by atoms with van der Waals surface area (Å²) in [6.45, 7) is 11.0. The van der Waals surface area contributed by atoms with Crippen molar-refractivity contribution in [3.8, 4) is 0 Å². The third kappa shape index (κ3) is 3.84. The minimum Gasteiger partial charge on any atom is -0.387 e. The van der Waals surface area contributed by atoms with Crippen LogP contribution in [0.2, 0.25) is 0 Å². The molecule has 10 atom stereocenters. The summed E-state index contributed by atoms with van der Waals surface area (Å²) in [5.41, 5.74) is -3.40. The van der Waals surface area contributed by atoms with Crippen LogP contribution in [0.3, 0.4) is 0 Å². The topological polar surface area (TPSA) is 40.5 Å². The zero-order valence-electron chi connectivity index (χ0n) is 24.2. The average molecular weight is 436 g/mol. The van der Waals surface area contributed by atoms with Crippen LogP contribution in [0.1, 0.15) is 123 Å². The molecule has 0 radical (unpaired) electrons. The second kappa shape index (κ2) is 8.00. The highest BCUT2D eigenvalue weighted by molar-refractivity contribution is 5.14. The smallest absolute Gasteiger partial charge is 0.0908 e. The molecule has 0 heterocycles. The van der Waals surface area contributed by atoms with Crippen molar-refractivity contribution < 1.29 is 14.3 Å². The minimum absolute atomic E-state index is 0.202. The van der Waals surface area contributed by atoms with Gasteiger partial charge in [0, 0.05) is 4.11 Å². The number of hydrogen-bond donors (Lipinski definition) is 2. The molecule has 180 valence electrons. The second-order valence-corrected chi connectivity index (χ2v) is 13.7. The van der Waals surface area contributed by atoms with Crippen LogP contribution in [0, 0.1) is 52.3 Å². The van der Waals surface area contributed by atoms with Crippen LogP contribution in [0.5, 0.6) is 0 Å². The first-order valence-electron chi connectivity index (χ1n) is 15.0. The van der Waals surface area contributed by atoms with Crippen LogP contribution in [0.25, 0.3) is 0 Å². The molecule has 0 aliphatic heterocycles. The summed E-state index contributed by atoms with van der Waals surface area (Å²) in [6.07, 6.45) is 12.0. The molecule has 31 heavy (non-hydrogen) atoms. The van der Waals surface area contributed by atoms with Gasteiger partial charge in [0.2, 0.25) is 0 Å². The van der Waals surface area contributed by atoms with E-state index < -0.39 is 18.1 Å². The summed E-state index contributed by atoms with van der Waals surface area (Å²) in [7, 11) is 0. The Kier molecular flexibility index (Phi) is 5.24. The van der Waals surface area contributed by atoms with Gasteiger partial charge in [0.15, 0.2) is 0 Å². The average Bonchev–Trinajstić information content (AvgIpc) is 3.05. The summed E-state index contributed by atoms with van der Waals surface area (Å²) in [6, 6.07) is 0. The molecule has 4 fully saturated rings. The summed E-state index contributed by atoms with van der Waals surface area (Å²) < 4.78 is 24.4. The van der Waals surface area contributed by atoms with Crippen molar-refractivity contribution in [2.45, 2.75) is 130 Å². The van der Waals surface area contributed by atoms with Gasteiger partial charge in [0.1, 0.15) is 0 Å². The maximum atomic E-state index is 11.5. The van der Waals surface area contributed by atoms with Gasteiger partial charge in [-0.2, -0.15) is 0 Å². The van der Waals surface area contributed by atoms with Crippen molar-refractivity contribution in [2.24, 2.45) is 52.3 Å². The highest BCUT2D eigenvalue weighted by Gasteiger charge is 2.64. The molecule has 0 bridgehead atoms. The molecule has 4 aliphatic carbocycles. The Morgan fingerprint density at radius 3 is 2.26 bits per heavy atom. The normalized spacial score (nSPS) is 54.9. The summed E-state index contributed by atoms with van der Waals surface area (Å²) >= 11 is 0. The van der Waals surface area contributed by atoms with Crippen molar-refractivity contribution >= 4 is 0 Å². The van der Waals surface area contributed by atoms with E-state index in [1.807, 2.05) is 0 Å². The molecule has 0 aromatic heterocycles. The Labute approximate surface area is 197 Å². The van der Waals surface area contributed by atoms with E-state index in [4.69, 9.17) is 4.11 Å². The van der Waals surface area contributed by atoms with Crippen LogP contribution in [0.4, 0.5) is 0 Å². The van der Waals surface area contributed by atoms with Gasteiger partial charge in [-0.3, -0.25) is 0 Å². The van der Waals surface area contributed by atoms with Gasteiger partial charge in [0.25, 0.3) is 0 Å². The second-order valence-electron chi connectivity index (χ2n) is 13.7. The molecule has 4 saturated carbocycles. The highest BCUT2D eigenvalue weighted by Crippen LogP contribution is 2.69. The lowest BCUT2D eigenvalue weighted by Gasteiger charge is -2.64. The molecule has 0 saturated heterocycles. The molecular formula is C29H52O2. The van der Waals surface area contributed by atoms with Crippen molar-refractivity contribution in [1.82, 2.24) is 0 Å². The Morgan fingerprint density at radius 2 is 1.58 bits per heavy atom. The van der Waals surface area contributed by atoms with Crippen LogP contribution >= 0.6 is 0 Å². The lowest BCUT2D eigenvalue weighted by molar-refractivity contribution is -0.232. The first-order chi connectivity index (χ1) is 15.6. The van der Waals surface area contributed by atoms with E-state index in [1.165, 1.54) is 44.9 Å². The fourth-order valence-electron chi connectivity index (χ4n) is 9.56. The highest BCUT2D eigenvalue weighted by atomic mass is 16.4. The van der Waals surface area contributed by atoms with Gasteiger partial charge in [-0.15, -0.1) is 0 Å². The van der Waals surface area contributed by atoms with Gasteiger partial charge >= 0.3 is 0 Å². The standard InChI is InChI=1S/C29H52O2/c1-19(2)9-8-10-20(3)23-13-14-24-22-12-11-21-17-28(6,30)29(7,31)18-27(21,5)25(22)15-16-26(23,24)4/h19-25,30-31H,8-18H2,1-7H3/t20-,21+,22+,23-,24+,25+,26-,27+,28-,29+/m1/s1/i7D3. The van der Waals surface area contributed by atoms with E-state index >= 15 is 0 Å². The summed E-state index contributed by atoms with van der Waals surface area (Å²) in [4.78, 5) is 0. The maximum Gasteiger partial charge on any atom is 0.0908 e. The Hall–Kier alpha value is -0.0800.